The molecule has 59 valence electrons. The van der Waals surface area contributed by atoms with Gasteiger partial charge in [-0.05, 0) is 5.82 Å². The zero-order chi connectivity index (χ0) is 7.82. The van der Waals surface area contributed by atoms with Crippen LogP contribution < -0.4 is 0 Å². The van der Waals surface area contributed by atoms with Gasteiger partial charge in [-0.1, -0.05) is 46.0 Å². The van der Waals surface area contributed by atoms with Gasteiger partial charge in [-0.25, -0.2) is 0 Å². The first-order valence-electron chi connectivity index (χ1n) is 4.32. The highest BCUT2D eigenvalue weighted by atomic mass is 16.2. The van der Waals surface area contributed by atoms with Gasteiger partial charge >= 0.3 is 0 Å². The Morgan fingerprint density at radius 3 is 2.40 bits per heavy atom. The Morgan fingerprint density at radius 2 is 2.00 bits per heavy atom. The van der Waals surface area contributed by atoms with E-state index in [4.69, 9.17) is 5.02 Å². The van der Waals surface area contributed by atoms with Crippen molar-refractivity contribution >= 4 is 7.48 Å². The van der Waals surface area contributed by atoms with Gasteiger partial charge in [0.25, 0.3) is 7.48 Å². The van der Waals surface area contributed by atoms with Gasteiger partial charge in [0, 0.05) is 0 Å². The zero-order valence-corrected chi connectivity index (χ0v) is 7.14. The monoisotopic (exact) mass is 141 g/mol. The molecule has 0 aliphatic carbocycles. The fourth-order valence-electron chi connectivity index (χ4n) is 1.04. The quantitative estimate of drug-likeness (QED) is 0.444. The smallest absolute Gasteiger partial charge is 0.290 e. The molecular formula is C8H18BO. The van der Waals surface area contributed by atoms with Gasteiger partial charge in [0.15, 0.2) is 0 Å². The van der Waals surface area contributed by atoms with E-state index < -0.39 is 0 Å². The highest BCUT2D eigenvalue weighted by molar-refractivity contribution is 6.27. The SMILES string of the molecule is CCCCCC([B]O)CC. The molecule has 0 saturated heterocycles. The van der Waals surface area contributed by atoms with Crippen LogP contribution in [0.5, 0.6) is 0 Å². The zero-order valence-electron chi connectivity index (χ0n) is 7.14. The van der Waals surface area contributed by atoms with Gasteiger partial charge in [0.05, 0.1) is 0 Å². The number of unbranched alkanes of at least 4 members (excludes halogenated alkanes) is 2. The van der Waals surface area contributed by atoms with E-state index in [1.165, 1.54) is 26.7 Å². The molecule has 0 aromatic rings. The van der Waals surface area contributed by atoms with Crippen LogP contribution in [0, 0.1) is 0 Å². The number of hydrogen-bond acceptors (Lipinski definition) is 1. The lowest BCUT2D eigenvalue weighted by Gasteiger charge is -2.07. The minimum absolute atomic E-state index is 0.437. The molecule has 0 aliphatic rings. The molecule has 0 aromatic carbocycles. The van der Waals surface area contributed by atoms with Crippen molar-refractivity contribution in [3.05, 3.63) is 0 Å². The minimum Gasteiger partial charge on any atom is -0.454 e. The van der Waals surface area contributed by atoms with Crippen LogP contribution in [-0.2, 0) is 0 Å². The Kier molecular flexibility index (Phi) is 7.15. The lowest BCUT2D eigenvalue weighted by Crippen LogP contribution is -2.01. The lowest BCUT2D eigenvalue weighted by molar-refractivity contribution is 0.538. The van der Waals surface area contributed by atoms with Crippen LogP contribution in [0.2, 0.25) is 5.82 Å². The summed E-state index contributed by atoms with van der Waals surface area (Å²) in [6.45, 7) is 4.31. The van der Waals surface area contributed by atoms with Crippen molar-refractivity contribution in [2.24, 2.45) is 0 Å². The molecular weight excluding hydrogens is 123 g/mol. The summed E-state index contributed by atoms with van der Waals surface area (Å²) in [7, 11) is 1.34. The van der Waals surface area contributed by atoms with Crippen molar-refractivity contribution in [2.75, 3.05) is 0 Å². The summed E-state index contributed by atoms with van der Waals surface area (Å²) in [6, 6.07) is 0. The first-order valence-corrected chi connectivity index (χ1v) is 4.32. The van der Waals surface area contributed by atoms with E-state index in [1.807, 2.05) is 0 Å². The predicted molar refractivity (Wildman–Crippen MR) is 46.2 cm³/mol. The van der Waals surface area contributed by atoms with Gasteiger partial charge in [-0.3, -0.25) is 0 Å². The summed E-state index contributed by atoms with van der Waals surface area (Å²) < 4.78 is 0. The van der Waals surface area contributed by atoms with E-state index in [0.717, 1.165) is 12.8 Å². The maximum absolute atomic E-state index is 8.70. The molecule has 2 heteroatoms. The van der Waals surface area contributed by atoms with E-state index in [2.05, 4.69) is 13.8 Å². The third kappa shape index (κ3) is 4.86. The second-order valence-corrected chi connectivity index (χ2v) is 2.81. The molecule has 0 amide bonds. The molecule has 0 rings (SSSR count). The van der Waals surface area contributed by atoms with Crippen molar-refractivity contribution in [3.8, 4) is 0 Å². The van der Waals surface area contributed by atoms with Crippen LogP contribution in [-0.4, -0.2) is 12.5 Å². The van der Waals surface area contributed by atoms with Gasteiger partial charge in [-0.15, -0.1) is 0 Å². The summed E-state index contributed by atoms with van der Waals surface area (Å²) in [5.41, 5.74) is 0. The first kappa shape index (κ1) is 10.0. The van der Waals surface area contributed by atoms with Crippen molar-refractivity contribution in [2.45, 2.75) is 51.8 Å². The first-order chi connectivity index (χ1) is 4.85. The molecule has 1 nitrogen and oxygen atoms in total. The number of hydrogen-bond donors (Lipinski definition) is 1. The average molecular weight is 141 g/mol. The predicted octanol–water partition coefficient (Wildman–Crippen LogP) is 2.38. The van der Waals surface area contributed by atoms with Crippen LogP contribution >= 0.6 is 0 Å². The van der Waals surface area contributed by atoms with Gasteiger partial charge in [0.1, 0.15) is 0 Å². The standard InChI is InChI=1S/C8H18BO/c1-3-5-6-7-8(4-2)9-10/h8,10H,3-7H2,1-2H3. The fourth-order valence-corrected chi connectivity index (χ4v) is 1.04. The molecule has 0 fully saturated rings. The summed E-state index contributed by atoms with van der Waals surface area (Å²) in [6.07, 6.45) is 6.04. The Hall–Kier alpha value is 0.0249. The Bertz CT molecular complexity index is 62.3. The van der Waals surface area contributed by atoms with Crippen molar-refractivity contribution in [3.63, 3.8) is 0 Å². The molecule has 1 N–H and O–H groups in total. The summed E-state index contributed by atoms with van der Waals surface area (Å²) in [5.74, 6) is 0.437. The van der Waals surface area contributed by atoms with E-state index in [-0.39, 0.29) is 0 Å². The minimum atomic E-state index is 0.437. The van der Waals surface area contributed by atoms with Gasteiger partial charge < -0.3 is 5.02 Å². The van der Waals surface area contributed by atoms with Gasteiger partial charge in [0.2, 0.25) is 0 Å². The fraction of sp³-hybridized carbons (Fsp3) is 1.00. The van der Waals surface area contributed by atoms with Crippen LogP contribution in [0.3, 0.4) is 0 Å². The Balaban J connectivity index is 3.09. The topological polar surface area (TPSA) is 20.2 Å². The van der Waals surface area contributed by atoms with Crippen molar-refractivity contribution in [1.82, 2.24) is 0 Å². The Labute approximate surface area is 65.1 Å². The van der Waals surface area contributed by atoms with E-state index in [1.54, 1.807) is 0 Å². The summed E-state index contributed by atoms with van der Waals surface area (Å²) >= 11 is 0. The number of rotatable bonds is 6. The second-order valence-electron chi connectivity index (χ2n) is 2.81. The molecule has 0 bridgehead atoms. The molecule has 0 spiro atoms. The molecule has 0 aromatic heterocycles. The maximum atomic E-state index is 8.70. The van der Waals surface area contributed by atoms with Crippen LogP contribution in [0.4, 0.5) is 0 Å². The van der Waals surface area contributed by atoms with E-state index in [0.29, 0.717) is 5.82 Å². The molecule has 0 heterocycles. The Morgan fingerprint density at radius 1 is 1.30 bits per heavy atom. The highest BCUT2D eigenvalue weighted by Crippen LogP contribution is 2.16. The lowest BCUT2D eigenvalue weighted by atomic mass is 9.75. The van der Waals surface area contributed by atoms with Crippen molar-refractivity contribution < 1.29 is 5.02 Å². The summed E-state index contributed by atoms with van der Waals surface area (Å²) in [5, 5.41) is 8.70. The molecule has 1 atom stereocenters. The van der Waals surface area contributed by atoms with Crippen LogP contribution in [0.15, 0.2) is 0 Å². The van der Waals surface area contributed by atoms with Crippen LogP contribution in [0.1, 0.15) is 46.0 Å². The normalized spacial score (nSPS) is 13.1. The third-order valence-corrected chi connectivity index (χ3v) is 1.91. The molecule has 0 saturated carbocycles. The molecule has 1 radical (unpaired) electrons. The molecule has 10 heavy (non-hydrogen) atoms. The average Bonchev–Trinajstić information content (AvgIpc) is 1.99. The van der Waals surface area contributed by atoms with Crippen molar-refractivity contribution in [1.29, 1.82) is 0 Å². The van der Waals surface area contributed by atoms with E-state index >= 15 is 0 Å². The summed E-state index contributed by atoms with van der Waals surface area (Å²) in [4.78, 5) is 0. The largest absolute Gasteiger partial charge is 0.454 e. The van der Waals surface area contributed by atoms with Crippen LogP contribution in [0.25, 0.3) is 0 Å². The molecule has 0 aliphatic heterocycles. The van der Waals surface area contributed by atoms with E-state index in [9.17, 15) is 0 Å². The second kappa shape index (κ2) is 7.14. The third-order valence-electron chi connectivity index (χ3n) is 1.91. The maximum Gasteiger partial charge on any atom is 0.290 e. The highest BCUT2D eigenvalue weighted by Gasteiger charge is 2.04. The molecule has 1 unspecified atom stereocenters. The van der Waals surface area contributed by atoms with Gasteiger partial charge in [-0.2, -0.15) is 0 Å².